The molecule has 1 unspecified atom stereocenters. The van der Waals surface area contributed by atoms with E-state index in [-0.39, 0.29) is 17.4 Å². The molecule has 2 aliphatic rings. The van der Waals surface area contributed by atoms with Crippen molar-refractivity contribution in [1.82, 2.24) is 19.9 Å². The number of hydrogen-bond donors (Lipinski definition) is 1. The molecular formula is C18H20ClN5O2. The molecule has 26 heavy (non-hydrogen) atoms. The minimum absolute atomic E-state index is 0.0927. The second-order valence-corrected chi connectivity index (χ2v) is 7.35. The standard InChI is InChI=1S/C18H20ClN5O2/c1-10-13-8-24(9-14(13)21-11(2)17(10)19)18(26)12-3-4-23(7-12)15-5-20-6-16(25)22-15/h5-6,12H,3-4,7-9H2,1-2H3,(H,22,25). The van der Waals surface area contributed by atoms with Crippen LogP contribution in [0.3, 0.4) is 0 Å². The first kappa shape index (κ1) is 17.0. The summed E-state index contributed by atoms with van der Waals surface area (Å²) in [4.78, 5) is 39.6. The predicted octanol–water partition coefficient (Wildman–Crippen LogP) is 1.80. The summed E-state index contributed by atoms with van der Waals surface area (Å²) in [6.07, 6.45) is 3.62. The highest BCUT2D eigenvalue weighted by molar-refractivity contribution is 6.32. The Hall–Kier alpha value is -2.41. The first-order valence-corrected chi connectivity index (χ1v) is 9.04. The van der Waals surface area contributed by atoms with Crippen molar-refractivity contribution < 1.29 is 4.79 Å². The van der Waals surface area contributed by atoms with E-state index in [0.717, 1.165) is 35.5 Å². The van der Waals surface area contributed by atoms with Gasteiger partial charge in [-0.1, -0.05) is 11.6 Å². The van der Waals surface area contributed by atoms with Crippen molar-refractivity contribution in [2.45, 2.75) is 33.4 Å². The van der Waals surface area contributed by atoms with Gasteiger partial charge in [-0.2, -0.15) is 0 Å². The van der Waals surface area contributed by atoms with Crippen molar-refractivity contribution >= 4 is 23.3 Å². The molecule has 1 amide bonds. The molecule has 2 aliphatic heterocycles. The van der Waals surface area contributed by atoms with Crippen LogP contribution in [0.4, 0.5) is 5.82 Å². The number of carbonyl (C=O) groups excluding carboxylic acids is 1. The average molecular weight is 374 g/mol. The van der Waals surface area contributed by atoms with Crippen molar-refractivity contribution in [2.75, 3.05) is 18.0 Å². The van der Waals surface area contributed by atoms with Crippen LogP contribution in [-0.4, -0.2) is 38.8 Å². The number of aryl methyl sites for hydroxylation is 1. The molecular weight excluding hydrogens is 354 g/mol. The Morgan fingerprint density at radius 1 is 1.31 bits per heavy atom. The van der Waals surface area contributed by atoms with E-state index in [2.05, 4.69) is 15.0 Å². The number of hydrogen-bond acceptors (Lipinski definition) is 5. The monoisotopic (exact) mass is 373 g/mol. The Balaban J connectivity index is 1.48. The second kappa shape index (κ2) is 6.39. The molecule has 1 N–H and O–H groups in total. The van der Waals surface area contributed by atoms with Gasteiger partial charge in [0, 0.05) is 19.6 Å². The van der Waals surface area contributed by atoms with Crippen LogP contribution in [0.15, 0.2) is 17.2 Å². The number of halogens is 1. The van der Waals surface area contributed by atoms with Crippen LogP contribution in [0, 0.1) is 19.8 Å². The summed E-state index contributed by atoms with van der Waals surface area (Å²) in [6, 6.07) is 0. The van der Waals surface area contributed by atoms with Crippen molar-refractivity contribution in [3.8, 4) is 0 Å². The number of nitrogens with zero attached hydrogens (tertiary/aromatic N) is 4. The number of pyridine rings is 1. The maximum absolute atomic E-state index is 13.0. The fraction of sp³-hybridized carbons (Fsp3) is 0.444. The van der Waals surface area contributed by atoms with Gasteiger partial charge in [0.15, 0.2) is 0 Å². The van der Waals surface area contributed by atoms with Gasteiger partial charge < -0.3 is 14.8 Å². The SMILES string of the molecule is Cc1nc2c(c(C)c1Cl)CN(C(=O)C1CCN(c3cncc(=O)[nH]3)C1)C2. The Morgan fingerprint density at radius 2 is 2.12 bits per heavy atom. The number of fused-ring (bicyclic) bond motifs is 1. The van der Waals surface area contributed by atoms with Crippen molar-refractivity contribution in [2.24, 2.45) is 5.92 Å². The smallest absolute Gasteiger partial charge is 0.267 e. The maximum atomic E-state index is 13.0. The predicted molar refractivity (Wildman–Crippen MR) is 98.2 cm³/mol. The lowest BCUT2D eigenvalue weighted by Crippen LogP contribution is -2.34. The molecule has 0 saturated carbocycles. The van der Waals surface area contributed by atoms with Gasteiger partial charge in [0.25, 0.3) is 5.56 Å². The third kappa shape index (κ3) is 2.86. The Labute approximate surface area is 156 Å². The average Bonchev–Trinajstić information content (AvgIpc) is 3.26. The molecule has 2 aromatic heterocycles. The maximum Gasteiger partial charge on any atom is 0.267 e. The molecule has 136 valence electrons. The van der Waals surface area contributed by atoms with Crippen LogP contribution in [-0.2, 0) is 17.9 Å². The number of aromatic nitrogens is 3. The lowest BCUT2D eigenvalue weighted by molar-refractivity contribution is -0.135. The summed E-state index contributed by atoms with van der Waals surface area (Å²) in [5, 5.41) is 0.686. The molecule has 0 radical (unpaired) electrons. The minimum atomic E-state index is -0.235. The van der Waals surface area contributed by atoms with Gasteiger partial charge in [-0.3, -0.25) is 19.6 Å². The van der Waals surface area contributed by atoms with Crippen LogP contribution in [0.1, 0.15) is 28.9 Å². The van der Waals surface area contributed by atoms with E-state index in [1.807, 2.05) is 23.6 Å². The molecule has 1 saturated heterocycles. The van der Waals surface area contributed by atoms with E-state index in [0.29, 0.717) is 30.5 Å². The van der Waals surface area contributed by atoms with Crippen LogP contribution >= 0.6 is 11.6 Å². The quantitative estimate of drug-likeness (QED) is 0.868. The number of amides is 1. The third-order valence-corrected chi connectivity index (χ3v) is 5.83. The van der Waals surface area contributed by atoms with E-state index >= 15 is 0 Å². The topological polar surface area (TPSA) is 82.2 Å². The zero-order valence-electron chi connectivity index (χ0n) is 14.8. The van der Waals surface area contributed by atoms with Crippen molar-refractivity contribution in [1.29, 1.82) is 0 Å². The number of nitrogens with one attached hydrogen (secondary N) is 1. The summed E-state index contributed by atoms with van der Waals surface area (Å²) >= 11 is 6.31. The lowest BCUT2D eigenvalue weighted by Gasteiger charge is -2.21. The lowest BCUT2D eigenvalue weighted by atomic mass is 10.1. The van der Waals surface area contributed by atoms with E-state index in [4.69, 9.17) is 11.6 Å². The van der Waals surface area contributed by atoms with Crippen molar-refractivity contribution in [3.63, 3.8) is 0 Å². The summed E-state index contributed by atoms with van der Waals surface area (Å²) in [5.74, 6) is 0.701. The zero-order chi connectivity index (χ0) is 18.4. The number of aromatic amines is 1. The number of H-pyrrole nitrogens is 1. The van der Waals surface area contributed by atoms with Crippen LogP contribution in [0.2, 0.25) is 5.02 Å². The van der Waals surface area contributed by atoms with Gasteiger partial charge in [0.1, 0.15) is 5.82 Å². The first-order valence-electron chi connectivity index (χ1n) is 8.66. The Kier molecular flexibility index (Phi) is 4.19. The van der Waals surface area contributed by atoms with Gasteiger partial charge in [-0.05, 0) is 31.4 Å². The summed E-state index contributed by atoms with van der Waals surface area (Å²) in [7, 11) is 0. The number of carbonyl (C=O) groups is 1. The van der Waals surface area contributed by atoms with Gasteiger partial charge in [0.05, 0.1) is 41.3 Å². The normalized spacial score (nSPS) is 19.1. The fourth-order valence-corrected chi connectivity index (χ4v) is 3.99. The highest BCUT2D eigenvalue weighted by Gasteiger charge is 2.35. The Morgan fingerprint density at radius 3 is 2.88 bits per heavy atom. The zero-order valence-corrected chi connectivity index (χ0v) is 15.5. The van der Waals surface area contributed by atoms with Crippen LogP contribution in [0.25, 0.3) is 0 Å². The highest BCUT2D eigenvalue weighted by Crippen LogP contribution is 2.32. The van der Waals surface area contributed by atoms with E-state index in [1.165, 1.54) is 6.20 Å². The molecule has 1 atom stereocenters. The summed E-state index contributed by atoms with van der Waals surface area (Å²) < 4.78 is 0. The third-order valence-electron chi connectivity index (χ3n) is 5.27. The molecule has 4 heterocycles. The summed E-state index contributed by atoms with van der Waals surface area (Å²) in [5.41, 5.74) is 3.61. The first-order chi connectivity index (χ1) is 12.4. The van der Waals surface area contributed by atoms with Gasteiger partial charge in [-0.15, -0.1) is 0 Å². The molecule has 1 fully saturated rings. The molecule has 4 rings (SSSR count). The molecule has 2 aromatic rings. The van der Waals surface area contributed by atoms with Crippen molar-refractivity contribution in [3.05, 3.63) is 50.3 Å². The molecule has 7 nitrogen and oxygen atoms in total. The number of rotatable bonds is 2. The Bertz CT molecular complexity index is 942. The molecule has 0 bridgehead atoms. The fourth-order valence-electron chi connectivity index (χ4n) is 3.83. The second-order valence-electron chi connectivity index (χ2n) is 6.97. The highest BCUT2D eigenvalue weighted by atomic mass is 35.5. The molecule has 0 aliphatic carbocycles. The van der Waals surface area contributed by atoms with E-state index in [1.54, 1.807) is 6.20 Å². The summed E-state index contributed by atoms with van der Waals surface area (Å²) in [6.45, 7) is 6.28. The van der Waals surface area contributed by atoms with Crippen LogP contribution in [0.5, 0.6) is 0 Å². The van der Waals surface area contributed by atoms with Gasteiger partial charge in [-0.25, -0.2) is 0 Å². The number of anilines is 1. The molecule has 0 aromatic carbocycles. The van der Waals surface area contributed by atoms with Crippen LogP contribution < -0.4 is 10.5 Å². The largest absolute Gasteiger partial charge is 0.356 e. The molecule has 0 spiro atoms. The van der Waals surface area contributed by atoms with E-state index in [9.17, 15) is 9.59 Å². The molecule has 8 heteroatoms. The van der Waals surface area contributed by atoms with Gasteiger partial charge in [0.2, 0.25) is 5.91 Å². The minimum Gasteiger partial charge on any atom is -0.356 e. The van der Waals surface area contributed by atoms with Gasteiger partial charge >= 0.3 is 0 Å². The van der Waals surface area contributed by atoms with E-state index < -0.39 is 0 Å².